The highest BCUT2D eigenvalue weighted by Gasteiger charge is 2.06. The van der Waals surface area contributed by atoms with Gasteiger partial charge in [0.1, 0.15) is 0 Å². The van der Waals surface area contributed by atoms with E-state index in [1.165, 1.54) is 17.3 Å². The first-order valence-corrected chi connectivity index (χ1v) is 6.54. The standard InChI is InChI=1S/C16H18N2O2/c1-11-3-5-13(6-4-11)12(2)17-10-15-8-7-14(9-18-15)16(19)20/h3-9,12,17H,10H2,1-2H3,(H,19,20)/t12-/m1/s1. The maximum absolute atomic E-state index is 10.7. The Hall–Kier alpha value is -2.20. The van der Waals surface area contributed by atoms with E-state index in [9.17, 15) is 4.79 Å². The Morgan fingerprint density at radius 2 is 1.95 bits per heavy atom. The average molecular weight is 270 g/mol. The molecule has 4 nitrogen and oxygen atoms in total. The van der Waals surface area contributed by atoms with E-state index in [-0.39, 0.29) is 11.6 Å². The van der Waals surface area contributed by atoms with Crippen LogP contribution >= 0.6 is 0 Å². The number of hydrogen-bond acceptors (Lipinski definition) is 3. The maximum atomic E-state index is 10.7. The molecular formula is C16H18N2O2. The Kier molecular flexibility index (Phi) is 4.48. The number of pyridine rings is 1. The fraction of sp³-hybridized carbons (Fsp3) is 0.250. The van der Waals surface area contributed by atoms with Gasteiger partial charge in [0.2, 0.25) is 0 Å². The molecule has 0 bridgehead atoms. The predicted octanol–water partition coefficient (Wildman–Crippen LogP) is 2.94. The second-order valence-corrected chi connectivity index (χ2v) is 4.86. The van der Waals surface area contributed by atoms with E-state index < -0.39 is 5.97 Å². The van der Waals surface area contributed by atoms with Gasteiger partial charge >= 0.3 is 5.97 Å². The van der Waals surface area contributed by atoms with Crippen LogP contribution in [0.15, 0.2) is 42.6 Å². The van der Waals surface area contributed by atoms with Crippen molar-refractivity contribution in [2.45, 2.75) is 26.4 Å². The van der Waals surface area contributed by atoms with Crippen molar-refractivity contribution in [1.29, 1.82) is 0 Å². The van der Waals surface area contributed by atoms with E-state index in [0.29, 0.717) is 6.54 Å². The molecule has 0 saturated carbocycles. The molecule has 0 spiro atoms. The molecule has 1 aromatic carbocycles. The van der Waals surface area contributed by atoms with Crippen molar-refractivity contribution in [3.63, 3.8) is 0 Å². The molecule has 0 fully saturated rings. The highest BCUT2D eigenvalue weighted by molar-refractivity contribution is 5.87. The molecule has 0 radical (unpaired) electrons. The zero-order valence-corrected chi connectivity index (χ0v) is 11.6. The number of aromatic nitrogens is 1. The molecule has 2 rings (SSSR count). The summed E-state index contributed by atoms with van der Waals surface area (Å²) in [5, 5.41) is 12.2. The lowest BCUT2D eigenvalue weighted by molar-refractivity contribution is 0.0696. The molecule has 0 saturated heterocycles. The molecule has 0 unspecified atom stereocenters. The summed E-state index contributed by atoms with van der Waals surface area (Å²) in [6, 6.07) is 11.9. The summed E-state index contributed by atoms with van der Waals surface area (Å²) in [5.74, 6) is -0.954. The predicted molar refractivity (Wildman–Crippen MR) is 77.6 cm³/mol. The number of aryl methyl sites for hydroxylation is 1. The lowest BCUT2D eigenvalue weighted by Gasteiger charge is -2.14. The molecule has 0 amide bonds. The van der Waals surface area contributed by atoms with Crippen LogP contribution in [-0.4, -0.2) is 16.1 Å². The number of aromatic carboxylic acids is 1. The van der Waals surface area contributed by atoms with Gasteiger partial charge in [-0.1, -0.05) is 29.8 Å². The first-order chi connectivity index (χ1) is 9.56. The molecule has 4 heteroatoms. The summed E-state index contributed by atoms with van der Waals surface area (Å²) in [7, 11) is 0. The van der Waals surface area contributed by atoms with E-state index in [4.69, 9.17) is 5.11 Å². The zero-order valence-electron chi connectivity index (χ0n) is 11.6. The molecule has 1 atom stereocenters. The number of carboxylic acids is 1. The Morgan fingerprint density at radius 3 is 2.50 bits per heavy atom. The third-order valence-corrected chi connectivity index (χ3v) is 3.24. The molecule has 0 aliphatic heterocycles. The van der Waals surface area contributed by atoms with E-state index in [1.807, 2.05) is 0 Å². The van der Waals surface area contributed by atoms with Crippen LogP contribution in [-0.2, 0) is 6.54 Å². The zero-order chi connectivity index (χ0) is 14.5. The number of nitrogens with zero attached hydrogens (tertiary/aromatic N) is 1. The van der Waals surface area contributed by atoms with Crippen molar-refractivity contribution in [3.05, 3.63) is 65.0 Å². The van der Waals surface area contributed by atoms with Gasteiger partial charge in [-0.3, -0.25) is 4.98 Å². The van der Waals surface area contributed by atoms with E-state index >= 15 is 0 Å². The Bertz CT molecular complexity index is 576. The van der Waals surface area contributed by atoms with Gasteiger partial charge in [-0.05, 0) is 31.5 Å². The number of nitrogens with one attached hydrogen (secondary N) is 1. The van der Waals surface area contributed by atoms with Crippen molar-refractivity contribution in [1.82, 2.24) is 10.3 Å². The third kappa shape index (κ3) is 3.65. The van der Waals surface area contributed by atoms with Crippen LogP contribution < -0.4 is 5.32 Å². The Labute approximate surface area is 118 Å². The van der Waals surface area contributed by atoms with Crippen LogP contribution in [0.2, 0.25) is 0 Å². The van der Waals surface area contributed by atoms with Crippen LogP contribution in [0.4, 0.5) is 0 Å². The van der Waals surface area contributed by atoms with Gasteiger partial charge in [0, 0.05) is 18.8 Å². The van der Waals surface area contributed by atoms with Crippen molar-refractivity contribution >= 4 is 5.97 Å². The highest BCUT2D eigenvalue weighted by Crippen LogP contribution is 2.13. The second kappa shape index (κ2) is 6.30. The number of carbonyl (C=O) groups is 1. The van der Waals surface area contributed by atoms with E-state index in [2.05, 4.69) is 48.4 Å². The van der Waals surface area contributed by atoms with Crippen molar-refractivity contribution in [2.75, 3.05) is 0 Å². The fourth-order valence-corrected chi connectivity index (χ4v) is 1.89. The summed E-state index contributed by atoms with van der Waals surface area (Å²) in [6.07, 6.45) is 1.38. The normalized spacial score (nSPS) is 12.1. The third-order valence-electron chi connectivity index (χ3n) is 3.24. The molecule has 1 heterocycles. The fourth-order valence-electron chi connectivity index (χ4n) is 1.89. The Morgan fingerprint density at radius 1 is 1.25 bits per heavy atom. The second-order valence-electron chi connectivity index (χ2n) is 4.86. The molecule has 0 aliphatic rings. The van der Waals surface area contributed by atoms with Gasteiger partial charge in [0.05, 0.1) is 11.3 Å². The van der Waals surface area contributed by atoms with Crippen LogP contribution in [0.3, 0.4) is 0 Å². The van der Waals surface area contributed by atoms with Crippen molar-refractivity contribution in [2.24, 2.45) is 0 Å². The van der Waals surface area contributed by atoms with Crippen LogP contribution in [0.25, 0.3) is 0 Å². The molecule has 1 aromatic heterocycles. The lowest BCUT2D eigenvalue weighted by atomic mass is 10.1. The molecule has 0 aliphatic carbocycles. The van der Waals surface area contributed by atoms with Gasteiger partial charge in [0.15, 0.2) is 0 Å². The highest BCUT2D eigenvalue weighted by atomic mass is 16.4. The Balaban J connectivity index is 1.94. The van der Waals surface area contributed by atoms with Gasteiger partial charge in [-0.2, -0.15) is 0 Å². The largest absolute Gasteiger partial charge is 0.478 e. The average Bonchev–Trinajstić information content (AvgIpc) is 2.46. The summed E-state index contributed by atoms with van der Waals surface area (Å²) >= 11 is 0. The van der Waals surface area contributed by atoms with E-state index in [0.717, 1.165) is 5.69 Å². The smallest absolute Gasteiger partial charge is 0.337 e. The summed E-state index contributed by atoms with van der Waals surface area (Å²) in [4.78, 5) is 14.9. The summed E-state index contributed by atoms with van der Waals surface area (Å²) in [6.45, 7) is 4.76. The SMILES string of the molecule is Cc1ccc([C@@H](C)NCc2ccc(C(=O)O)cn2)cc1. The van der Waals surface area contributed by atoms with Crippen LogP contribution in [0, 0.1) is 6.92 Å². The number of rotatable bonds is 5. The van der Waals surface area contributed by atoms with E-state index in [1.54, 1.807) is 12.1 Å². The summed E-state index contributed by atoms with van der Waals surface area (Å²) in [5.41, 5.74) is 3.50. The number of carboxylic acid groups (broad SMARTS) is 1. The molecule has 2 aromatic rings. The molecule has 104 valence electrons. The first kappa shape index (κ1) is 14.2. The van der Waals surface area contributed by atoms with Gasteiger partial charge in [0.25, 0.3) is 0 Å². The van der Waals surface area contributed by atoms with Crippen LogP contribution in [0.1, 0.15) is 40.1 Å². The van der Waals surface area contributed by atoms with Gasteiger partial charge < -0.3 is 10.4 Å². The minimum absolute atomic E-state index is 0.209. The van der Waals surface area contributed by atoms with Gasteiger partial charge in [-0.25, -0.2) is 4.79 Å². The number of hydrogen-bond donors (Lipinski definition) is 2. The van der Waals surface area contributed by atoms with Gasteiger partial charge in [-0.15, -0.1) is 0 Å². The lowest BCUT2D eigenvalue weighted by Crippen LogP contribution is -2.18. The molecule has 2 N–H and O–H groups in total. The molecular weight excluding hydrogens is 252 g/mol. The summed E-state index contributed by atoms with van der Waals surface area (Å²) < 4.78 is 0. The first-order valence-electron chi connectivity index (χ1n) is 6.54. The maximum Gasteiger partial charge on any atom is 0.337 e. The topological polar surface area (TPSA) is 62.2 Å². The van der Waals surface area contributed by atoms with Crippen LogP contribution in [0.5, 0.6) is 0 Å². The minimum atomic E-state index is -0.954. The quantitative estimate of drug-likeness (QED) is 0.877. The van der Waals surface area contributed by atoms with Crippen molar-refractivity contribution in [3.8, 4) is 0 Å². The van der Waals surface area contributed by atoms with Crippen molar-refractivity contribution < 1.29 is 9.90 Å². The monoisotopic (exact) mass is 270 g/mol. The number of benzene rings is 1. The molecule has 20 heavy (non-hydrogen) atoms. The minimum Gasteiger partial charge on any atom is -0.478 e.